The lowest BCUT2D eigenvalue weighted by Gasteiger charge is -2.15. The minimum absolute atomic E-state index is 0.118. The SMILES string of the molecule is COCC(C)NC(=O)C(C#N)C(=O)c1ccc(F)cc1. The fraction of sp³-hybridized carbons (Fsp3) is 0.357. The van der Waals surface area contributed by atoms with E-state index in [1.54, 1.807) is 13.0 Å². The summed E-state index contributed by atoms with van der Waals surface area (Å²) >= 11 is 0. The van der Waals surface area contributed by atoms with Gasteiger partial charge in [0.25, 0.3) is 0 Å². The summed E-state index contributed by atoms with van der Waals surface area (Å²) in [6.45, 7) is 1.97. The Bertz CT molecular complexity index is 522. The van der Waals surface area contributed by atoms with Crippen molar-refractivity contribution in [2.75, 3.05) is 13.7 Å². The summed E-state index contributed by atoms with van der Waals surface area (Å²) in [6.07, 6.45) is 0. The lowest BCUT2D eigenvalue weighted by atomic mass is 9.98. The average molecular weight is 278 g/mol. The van der Waals surface area contributed by atoms with Gasteiger partial charge in [-0.25, -0.2) is 4.39 Å². The van der Waals surface area contributed by atoms with Crippen molar-refractivity contribution < 1.29 is 18.7 Å². The smallest absolute Gasteiger partial charge is 0.245 e. The van der Waals surface area contributed by atoms with Crippen LogP contribution in [0.5, 0.6) is 0 Å². The molecule has 20 heavy (non-hydrogen) atoms. The van der Waals surface area contributed by atoms with Gasteiger partial charge in [-0.05, 0) is 31.2 Å². The van der Waals surface area contributed by atoms with Gasteiger partial charge >= 0.3 is 0 Å². The van der Waals surface area contributed by atoms with Crippen LogP contribution in [-0.4, -0.2) is 31.4 Å². The second-order valence-corrected chi connectivity index (χ2v) is 4.30. The maximum atomic E-state index is 12.8. The Labute approximate surface area is 116 Å². The summed E-state index contributed by atoms with van der Waals surface area (Å²) in [6, 6.07) is 6.05. The number of Topliss-reactive ketones (excluding diaryl/α,β-unsaturated/α-hetero) is 1. The van der Waals surface area contributed by atoms with Crippen LogP contribution in [0, 0.1) is 23.1 Å². The molecule has 0 aliphatic carbocycles. The van der Waals surface area contributed by atoms with Crippen molar-refractivity contribution in [2.45, 2.75) is 13.0 Å². The normalized spacial score (nSPS) is 13.1. The molecule has 2 unspecified atom stereocenters. The number of carbonyl (C=O) groups excluding carboxylic acids is 2. The Hall–Kier alpha value is -2.26. The third kappa shape index (κ3) is 4.14. The van der Waals surface area contributed by atoms with E-state index in [0.717, 1.165) is 12.1 Å². The molecular weight excluding hydrogens is 263 g/mol. The number of methoxy groups -OCH3 is 1. The molecule has 1 amide bonds. The van der Waals surface area contributed by atoms with E-state index in [4.69, 9.17) is 10.00 Å². The molecule has 0 bridgehead atoms. The number of ketones is 1. The number of nitrogens with zero attached hydrogens (tertiary/aromatic N) is 1. The minimum Gasteiger partial charge on any atom is -0.383 e. The first kappa shape index (κ1) is 15.8. The number of rotatable bonds is 6. The highest BCUT2D eigenvalue weighted by Crippen LogP contribution is 2.10. The van der Waals surface area contributed by atoms with Crippen LogP contribution < -0.4 is 5.32 Å². The Balaban J connectivity index is 2.80. The molecule has 1 N–H and O–H groups in total. The number of amides is 1. The molecule has 1 aromatic carbocycles. The van der Waals surface area contributed by atoms with Crippen molar-refractivity contribution >= 4 is 11.7 Å². The molecule has 0 spiro atoms. The second-order valence-electron chi connectivity index (χ2n) is 4.30. The van der Waals surface area contributed by atoms with E-state index in [1.807, 2.05) is 0 Å². The first-order chi connectivity index (χ1) is 9.49. The molecule has 0 fully saturated rings. The molecule has 106 valence electrons. The van der Waals surface area contributed by atoms with Gasteiger partial charge < -0.3 is 10.1 Å². The highest BCUT2D eigenvalue weighted by Gasteiger charge is 2.28. The first-order valence-corrected chi connectivity index (χ1v) is 5.98. The van der Waals surface area contributed by atoms with E-state index in [2.05, 4.69) is 5.32 Å². The summed E-state index contributed by atoms with van der Waals surface area (Å²) < 4.78 is 17.6. The molecule has 1 aromatic rings. The molecule has 0 saturated heterocycles. The van der Waals surface area contributed by atoms with Crippen molar-refractivity contribution in [3.63, 3.8) is 0 Å². The van der Waals surface area contributed by atoms with Gasteiger partial charge in [-0.2, -0.15) is 5.26 Å². The lowest BCUT2D eigenvalue weighted by Crippen LogP contribution is -2.41. The predicted octanol–water partition coefficient (Wildman–Crippen LogP) is 1.30. The number of ether oxygens (including phenoxy) is 1. The number of nitrogens with one attached hydrogen (secondary N) is 1. The Morgan fingerprint density at radius 1 is 1.40 bits per heavy atom. The van der Waals surface area contributed by atoms with Crippen LogP contribution in [-0.2, 0) is 9.53 Å². The zero-order valence-corrected chi connectivity index (χ0v) is 11.2. The molecule has 0 aliphatic heterocycles. The van der Waals surface area contributed by atoms with E-state index < -0.39 is 23.4 Å². The van der Waals surface area contributed by atoms with Crippen LogP contribution in [0.1, 0.15) is 17.3 Å². The van der Waals surface area contributed by atoms with Crippen LogP contribution in [0.3, 0.4) is 0 Å². The standard InChI is InChI=1S/C14H15FN2O3/c1-9(8-20-2)17-14(19)12(7-16)13(18)10-3-5-11(15)6-4-10/h3-6,9,12H,8H2,1-2H3,(H,17,19). The number of hydrogen-bond donors (Lipinski definition) is 1. The third-order valence-electron chi connectivity index (χ3n) is 2.59. The maximum absolute atomic E-state index is 12.8. The predicted molar refractivity (Wildman–Crippen MR) is 69.3 cm³/mol. The third-order valence-corrected chi connectivity index (χ3v) is 2.59. The van der Waals surface area contributed by atoms with Gasteiger partial charge in [-0.1, -0.05) is 0 Å². The lowest BCUT2D eigenvalue weighted by molar-refractivity contribution is -0.123. The molecule has 0 saturated carbocycles. The van der Waals surface area contributed by atoms with Gasteiger partial charge in [0.1, 0.15) is 5.82 Å². The monoisotopic (exact) mass is 278 g/mol. The maximum Gasteiger partial charge on any atom is 0.245 e. The van der Waals surface area contributed by atoms with Crippen molar-refractivity contribution in [1.82, 2.24) is 5.32 Å². The van der Waals surface area contributed by atoms with Gasteiger partial charge in [0.2, 0.25) is 5.91 Å². The van der Waals surface area contributed by atoms with E-state index >= 15 is 0 Å². The van der Waals surface area contributed by atoms with E-state index in [0.29, 0.717) is 0 Å². The zero-order valence-electron chi connectivity index (χ0n) is 11.2. The second kappa shape index (κ2) is 7.36. The highest BCUT2D eigenvalue weighted by molar-refractivity contribution is 6.12. The van der Waals surface area contributed by atoms with Gasteiger partial charge in [-0.3, -0.25) is 9.59 Å². The van der Waals surface area contributed by atoms with E-state index in [-0.39, 0.29) is 18.2 Å². The van der Waals surface area contributed by atoms with Crippen LogP contribution >= 0.6 is 0 Å². The van der Waals surface area contributed by atoms with Crippen molar-refractivity contribution in [2.24, 2.45) is 5.92 Å². The Morgan fingerprint density at radius 3 is 2.50 bits per heavy atom. The van der Waals surface area contributed by atoms with Crippen LogP contribution in [0.25, 0.3) is 0 Å². The van der Waals surface area contributed by atoms with Gasteiger partial charge in [0.05, 0.1) is 12.7 Å². The molecule has 0 aromatic heterocycles. The molecule has 0 aliphatic rings. The number of nitriles is 1. The van der Waals surface area contributed by atoms with Crippen molar-refractivity contribution in [3.8, 4) is 6.07 Å². The van der Waals surface area contributed by atoms with Crippen LogP contribution in [0.2, 0.25) is 0 Å². The fourth-order valence-corrected chi connectivity index (χ4v) is 1.63. The summed E-state index contributed by atoms with van der Waals surface area (Å²) in [4.78, 5) is 23.9. The summed E-state index contributed by atoms with van der Waals surface area (Å²) in [5, 5.41) is 11.5. The molecule has 6 heteroatoms. The van der Waals surface area contributed by atoms with Crippen LogP contribution in [0.15, 0.2) is 24.3 Å². The number of benzene rings is 1. The summed E-state index contributed by atoms with van der Waals surface area (Å²) in [7, 11) is 1.48. The topological polar surface area (TPSA) is 79.2 Å². The number of hydrogen-bond acceptors (Lipinski definition) is 4. The highest BCUT2D eigenvalue weighted by atomic mass is 19.1. The van der Waals surface area contributed by atoms with Gasteiger partial charge in [-0.15, -0.1) is 0 Å². The summed E-state index contributed by atoms with van der Waals surface area (Å²) in [5.41, 5.74) is 0.118. The quantitative estimate of drug-likeness (QED) is 0.628. The molecule has 1 rings (SSSR count). The minimum atomic E-state index is -1.46. The number of carbonyl (C=O) groups is 2. The fourth-order valence-electron chi connectivity index (χ4n) is 1.63. The largest absolute Gasteiger partial charge is 0.383 e. The molecule has 0 radical (unpaired) electrons. The average Bonchev–Trinajstić information content (AvgIpc) is 2.40. The molecule has 2 atom stereocenters. The molecular formula is C14H15FN2O3. The Morgan fingerprint density at radius 2 is 2.00 bits per heavy atom. The first-order valence-electron chi connectivity index (χ1n) is 5.98. The van der Waals surface area contributed by atoms with Crippen molar-refractivity contribution in [1.29, 1.82) is 5.26 Å². The molecule has 5 nitrogen and oxygen atoms in total. The Kier molecular flexibility index (Phi) is 5.81. The van der Waals surface area contributed by atoms with E-state index in [9.17, 15) is 14.0 Å². The summed E-state index contributed by atoms with van der Waals surface area (Å²) in [5.74, 6) is -3.30. The number of halogens is 1. The van der Waals surface area contributed by atoms with Gasteiger partial charge in [0.15, 0.2) is 11.7 Å². The van der Waals surface area contributed by atoms with Crippen molar-refractivity contribution in [3.05, 3.63) is 35.6 Å². The molecule has 0 heterocycles. The zero-order chi connectivity index (χ0) is 15.1. The van der Waals surface area contributed by atoms with Crippen LogP contribution in [0.4, 0.5) is 4.39 Å². The van der Waals surface area contributed by atoms with Gasteiger partial charge in [0, 0.05) is 18.7 Å². The van der Waals surface area contributed by atoms with E-state index in [1.165, 1.54) is 19.2 Å².